The second-order valence-electron chi connectivity index (χ2n) is 20.2. The molecule has 0 radical (unpaired) electrons. The lowest BCUT2D eigenvalue weighted by Crippen LogP contribution is -2.66. The van der Waals surface area contributed by atoms with Crippen molar-refractivity contribution < 1.29 is 76.8 Å². The number of likely N-dealkylation sites (N-methyl/N-ethyl adjacent to an activating group) is 1. The standard InChI is InChI=1S/C53H81N3O16/c1-12-42(60)68-41-28-44(62)65-32(4)21-25-56(24-16-17-36-20-23-54-39-19-15-14-18-38(36)39)30-40(59)31(3)27-37(22-26-57)49(50(41)64-11)71-52-47(63)46(55(9)10)48(33(5)67-52)70-45-29-53(8,72-35(7)58)51(34(6)66-45)69-43(61)13-2/h14-15,18-20,23,26,31-34,37,40-41,45-52,59,63H,12-13,16-17,21-22,24-25,27-30H2,1-11H3/t31-,32-,33-,34+,37+,40+,41-,45+,46-,47-,48-,49+,50+,51+,52+,53-/m1/s1. The molecule has 0 amide bonds. The molecule has 3 aliphatic heterocycles. The van der Waals surface area contributed by atoms with E-state index in [1.165, 1.54) is 19.6 Å². The van der Waals surface area contributed by atoms with Gasteiger partial charge >= 0.3 is 23.9 Å². The van der Waals surface area contributed by atoms with E-state index in [-0.39, 0.29) is 32.1 Å². The summed E-state index contributed by atoms with van der Waals surface area (Å²) in [6.45, 7) is 14.8. The maximum absolute atomic E-state index is 13.8. The molecule has 72 heavy (non-hydrogen) atoms. The Balaban J connectivity index is 1.44. The number of esters is 4. The highest BCUT2D eigenvalue weighted by Gasteiger charge is 2.54. The number of benzene rings is 1. The number of cyclic esters (lactones) is 1. The summed E-state index contributed by atoms with van der Waals surface area (Å²) >= 11 is 0. The number of fused-ring (bicyclic) bond motifs is 1. The maximum atomic E-state index is 13.8. The number of aliphatic hydroxyl groups excluding tert-OH is 2. The van der Waals surface area contributed by atoms with Crippen LogP contribution >= 0.6 is 0 Å². The molecule has 16 atom stereocenters. The number of aryl methyl sites for hydroxylation is 1. The third kappa shape index (κ3) is 15.7. The monoisotopic (exact) mass is 1020 g/mol. The topological polar surface area (TPSA) is 228 Å². The van der Waals surface area contributed by atoms with Gasteiger partial charge in [-0.05, 0) is 104 Å². The Morgan fingerprint density at radius 1 is 0.958 bits per heavy atom. The SMILES string of the molecule is CCC(=O)O[C@@H]1CC(=O)O[C@H](C)CCN(CCCc2ccnc3ccccc23)C[C@H](O)[C@H](C)C[C@H](CC=O)[C@H](O[C@@H]2O[C@H](C)[C@@H](O[C@H]3C[C@@](C)(OC(C)=O)[C@@H](OC(=O)CC)[C@H](C)O3)[C@H](N(C)C)[C@H]2O)[C@H]1OC. The molecule has 0 saturated carbocycles. The molecule has 4 heterocycles. The first-order valence-corrected chi connectivity index (χ1v) is 25.7. The van der Waals surface area contributed by atoms with Crippen molar-refractivity contribution in [3.8, 4) is 0 Å². The molecule has 3 saturated heterocycles. The van der Waals surface area contributed by atoms with Crippen molar-refractivity contribution in [2.45, 2.75) is 198 Å². The lowest BCUT2D eigenvalue weighted by molar-refractivity contribution is -0.344. The van der Waals surface area contributed by atoms with Crippen LogP contribution in [-0.2, 0) is 73.0 Å². The van der Waals surface area contributed by atoms with Crippen LogP contribution in [0.4, 0.5) is 0 Å². The Morgan fingerprint density at radius 3 is 2.33 bits per heavy atom. The van der Waals surface area contributed by atoms with Crippen molar-refractivity contribution in [1.29, 1.82) is 0 Å². The summed E-state index contributed by atoms with van der Waals surface area (Å²) in [6, 6.07) is 9.22. The molecule has 0 aliphatic carbocycles. The third-order valence-corrected chi connectivity index (χ3v) is 14.3. The molecule has 2 aromatic rings. The lowest BCUT2D eigenvalue weighted by Gasteiger charge is -2.50. The van der Waals surface area contributed by atoms with E-state index >= 15 is 0 Å². The highest BCUT2D eigenvalue weighted by Crippen LogP contribution is 2.39. The van der Waals surface area contributed by atoms with Crippen molar-refractivity contribution >= 4 is 41.1 Å². The van der Waals surface area contributed by atoms with Gasteiger partial charge in [0.25, 0.3) is 0 Å². The van der Waals surface area contributed by atoms with Gasteiger partial charge in [-0.1, -0.05) is 39.0 Å². The molecule has 5 rings (SSSR count). The number of β-amino-alcohol motifs (C(OH)–C–C–N with tert-alkyl or cyclic N) is 1. The Hall–Kier alpha value is -4.18. The summed E-state index contributed by atoms with van der Waals surface area (Å²) in [5.74, 6) is -3.46. The second kappa shape index (κ2) is 27.4. The first kappa shape index (κ1) is 58.7. The van der Waals surface area contributed by atoms with Gasteiger partial charge in [0.05, 0.1) is 42.4 Å². The van der Waals surface area contributed by atoms with Crippen LogP contribution in [0.15, 0.2) is 36.5 Å². The fourth-order valence-electron chi connectivity index (χ4n) is 10.5. The van der Waals surface area contributed by atoms with Gasteiger partial charge in [-0.3, -0.25) is 24.2 Å². The van der Waals surface area contributed by atoms with Crippen LogP contribution in [0.25, 0.3) is 10.9 Å². The summed E-state index contributed by atoms with van der Waals surface area (Å²) in [4.78, 5) is 72.9. The van der Waals surface area contributed by atoms with Gasteiger partial charge in [-0.25, -0.2) is 0 Å². The minimum absolute atomic E-state index is 0.0138. The number of nitrogens with zero attached hydrogens (tertiary/aromatic N) is 3. The van der Waals surface area contributed by atoms with Crippen molar-refractivity contribution in [3.63, 3.8) is 0 Å². The average molecular weight is 1020 g/mol. The van der Waals surface area contributed by atoms with E-state index in [0.29, 0.717) is 26.1 Å². The summed E-state index contributed by atoms with van der Waals surface area (Å²) < 4.78 is 55.7. The third-order valence-electron chi connectivity index (χ3n) is 14.3. The normalized spacial score (nSPS) is 34.6. The highest BCUT2D eigenvalue weighted by molar-refractivity contribution is 5.81. The number of methoxy groups -OCH3 is 1. The molecule has 2 N–H and O–H groups in total. The molecular formula is C53H81N3O16. The predicted molar refractivity (Wildman–Crippen MR) is 263 cm³/mol. The predicted octanol–water partition coefficient (Wildman–Crippen LogP) is 4.71. The van der Waals surface area contributed by atoms with E-state index in [2.05, 4.69) is 16.0 Å². The van der Waals surface area contributed by atoms with Crippen molar-refractivity contribution in [2.75, 3.05) is 40.8 Å². The molecule has 1 aromatic carbocycles. The number of aliphatic hydroxyl groups is 2. The van der Waals surface area contributed by atoms with E-state index in [9.17, 15) is 34.2 Å². The fraction of sp³-hybridized carbons (Fsp3) is 0.736. The van der Waals surface area contributed by atoms with Crippen LogP contribution in [0.2, 0.25) is 0 Å². The molecule has 19 heteroatoms. The molecule has 1 aromatic heterocycles. The minimum atomic E-state index is -1.43. The Morgan fingerprint density at radius 2 is 1.67 bits per heavy atom. The van der Waals surface area contributed by atoms with Crippen LogP contribution in [-0.4, -0.2) is 181 Å². The average Bonchev–Trinajstić information content (AvgIpc) is 3.32. The molecule has 0 bridgehead atoms. The molecule has 0 spiro atoms. The van der Waals surface area contributed by atoms with Crippen molar-refractivity contribution in [1.82, 2.24) is 14.8 Å². The first-order valence-electron chi connectivity index (χ1n) is 25.7. The van der Waals surface area contributed by atoms with Crippen LogP contribution in [0.3, 0.4) is 0 Å². The molecule has 3 aliphatic rings. The van der Waals surface area contributed by atoms with Gasteiger partial charge < -0.3 is 67.4 Å². The number of ether oxygens (including phenoxy) is 9. The number of aromatic nitrogens is 1. The van der Waals surface area contributed by atoms with E-state index in [0.717, 1.165) is 30.0 Å². The van der Waals surface area contributed by atoms with E-state index in [1.54, 1.807) is 60.5 Å². The van der Waals surface area contributed by atoms with E-state index in [4.69, 9.17) is 42.6 Å². The quantitative estimate of drug-likeness (QED) is 0.124. The van der Waals surface area contributed by atoms with Crippen molar-refractivity contribution in [2.24, 2.45) is 11.8 Å². The van der Waals surface area contributed by atoms with Crippen LogP contribution < -0.4 is 0 Å². The molecular weight excluding hydrogens is 935 g/mol. The number of para-hydroxylation sites is 1. The largest absolute Gasteiger partial charge is 0.463 e. The van der Waals surface area contributed by atoms with E-state index in [1.807, 2.05) is 37.4 Å². The minimum Gasteiger partial charge on any atom is -0.463 e. The molecule has 404 valence electrons. The van der Waals surface area contributed by atoms with Gasteiger partial charge in [0.1, 0.15) is 36.8 Å². The van der Waals surface area contributed by atoms with Gasteiger partial charge in [-0.15, -0.1) is 0 Å². The lowest BCUT2D eigenvalue weighted by atomic mass is 9.82. The highest BCUT2D eigenvalue weighted by atomic mass is 16.7. The van der Waals surface area contributed by atoms with Gasteiger partial charge in [0, 0.05) is 64.4 Å². The number of pyridine rings is 1. The van der Waals surface area contributed by atoms with Crippen LogP contribution in [0, 0.1) is 11.8 Å². The zero-order chi connectivity index (χ0) is 52.9. The Kier molecular flexibility index (Phi) is 22.3. The van der Waals surface area contributed by atoms with Gasteiger partial charge in [0.2, 0.25) is 0 Å². The number of carbonyl (C=O) groups is 5. The number of aldehydes is 1. The number of hydrogen-bond donors (Lipinski definition) is 2. The Bertz CT molecular complexity index is 2070. The fourth-order valence-corrected chi connectivity index (χ4v) is 10.5. The number of rotatable bonds is 17. The second-order valence-corrected chi connectivity index (χ2v) is 20.2. The van der Waals surface area contributed by atoms with E-state index < -0.39 is 127 Å². The maximum Gasteiger partial charge on any atom is 0.309 e. The molecule has 19 nitrogen and oxygen atoms in total. The van der Waals surface area contributed by atoms with Gasteiger partial charge in [0.15, 0.2) is 24.3 Å². The Labute approximate surface area is 424 Å². The zero-order valence-electron chi connectivity index (χ0n) is 44.1. The summed E-state index contributed by atoms with van der Waals surface area (Å²) in [6.07, 6.45) is -7.87. The van der Waals surface area contributed by atoms with Gasteiger partial charge in [-0.2, -0.15) is 0 Å². The zero-order valence-corrected chi connectivity index (χ0v) is 44.1. The van der Waals surface area contributed by atoms with Crippen LogP contribution in [0.5, 0.6) is 0 Å². The summed E-state index contributed by atoms with van der Waals surface area (Å²) in [5.41, 5.74) is 0.769. The van der Waals surface area contributed by atoms with Crippen LogP contribution in [0.1, 0.15) is 112 Å². The molecule has 3 fully saturated rings. The molecule has 0 unspecified atom stereocenters. The number of carbonyl (C=O) groups excluding carboxylic acids is 5. The number of hydrogen-bond acceptors (Lipinski definition) is 19. The summed E-state index contributed by atoms with van der Waals surface area (Å²) in [5, 5.41) is 25.4. The van der Waals surface area contributed by atoms with Crippen molar-refractivity contribution in [3.05, 3.63) is 42.1 Å². The summed E-state index contributed by atoms with van der Waals surface area (Å²) in [7, 11) is 4.89. The first-order chi connectivity index (χ1) is 34.2. The smallest absolute Gasteiger partial charge is 0.309 e.